The topological polar surface area (TPSA) is 39.9 Å². The summed E-state index contributed by atoms with van der Waals surface area (Å²) in [6, 6.07) is 16.8. The number of ether oxygens (including phenoxy) is 1. The molecular formula is C22H25N3OS. The van der Waals surface area contributed by atoms with Crippen molar-refractivity contribution in [3.63, 3.8) is 0 Å². The van der Waals surface area contributed by atoms with Gasteiger partial charge in [-0.3, -0.25) is 4.57 Å². The van der Waals surface area contributed by atoms with Crippen molar-refractivity contribution < 1.29 is 4.74 Å². The van der Waals surface area contributed by atoms with E-state index in [2.05, 4.69) is 71.6 Å². The highest BCUT2D eigenvalue weighted by Crippen LogP contribution is 2.23. The molecule has 1 heterocycles. The van der Waals surface area contributed by atoms with Gasteiger partial charge in [-0.1, -0.05) is 66.7 Å². The van der Waals surface area contributed by atoms with Gasteiger partial charge in [-0.25, -0.2) is 0 Å². The van der Waals surface area contributed by atoms with E-state index in [0.29, 0.717) is 13.2 Å². The fourth-order valence-corrected chi connectivity index (χ4v) is 3.57. The van der Waals surface area contributed by atoms with E-state index in [1.165, 1.54) is 16.7 Å². The Morgan fingerprint density at radius 1 is 1.04 bits per heavy atom. The van der Waals surface area contributed by atoms with Crippen LogP contribution in [0.1, 0.15) is 29.4 Å². The minimum Gasteiger partial charge on any atom is -0.486 e. The van der Waals surface area contributed by atoms with Crippen LogP contribution in [0, 0.1) is 6.92 Å². The maximum Gasteiger partial charge on any atom is 0.191 e. The second kappa shape index (κ2) is 9.42. The lowest BCUT2D eigenvalue weighted by molar-refractivity contribution is 0.289. The first-order chi connectivity index (χ1) is 13.2. The normalized spacial score (nSPS) is 10.7. The van der Waals surface area contributed by atoms with E-state index in [9.17, 15) is 0 Å². The van der Waals surface area contributed by atoms with Crippen molar-refractivity contribution in [2.24, 2.45) is 0 Å². The molecule has 0 atom stereocenters. The lowest BCUT2D eigenvalue weighted by Gasteiger charge is -2.09. The van der Waals surface area contributed by atoms with Gasteiger partial charge in [-0.05, 0) is 36.6 Å². The van der Waals surface area contributed by atoms with Gasteiger partial charge in [0.05, 0.1) is 0 Å². The van der Waals surface area contributed by atoms with Crippen LogP contribution in [0.2, 0.25) is 0 Å². The largest absolute Gasteiger partial charge is 0.486 e. The number of aromatic nitrogens is 3. The van der Waals surface area contributed by atoms with Crippen LogP contribution in [-0.4, -0.2) is 14.8 Å². The molecule has 4 nitrogen and oxygen atoms in total. The molecule has 0 aliphatic rings. The van der Waals surface area contributed by atoms with E-state index in [1.54, 1.807) is 11.8 Å². The third-order valence-electron chi connectivity index (χ3n) is 4.29. The maximum absolute atomic E-state index is 5.90. The Hall–Kier alpha value is -2.53. The first-order valence-corrected chi connectivity index (χ1v) is 10.1. The molecule has 0 aliphatic heterocycles. The minimum atomic E-state index is 0.386. The van der Waals surface area contributed by atoms with E-state index in [1.807, 2.05) is 18.2 Å². The number of rotatable bonds is 9. The quantitative estimate of drug-likeness (QED) is 0.378. The Morgan fingerprint density at radius 2 is 1.74 bits per heavy atom. The Morgan fingerprint density at radius 3 is 2.41 bits per heavy atom. The average molecular weight is 380 g/mol. The predicted octanol–water partition coefficient (Wildman–Crippen LogP) is 5.21. The van der Waals surface area contributed by atoms with Crippen LogP contribution in [0.25, 0.3) is 0 Å². The SMILES string of the molecule is C=CCn1c(COc2ccc(CC)cc2)nnc1SCc1ccc(C)cc1. The minimum absolute atomic E-state index is 0.386. The molecule has 0 saturated heterocycles. The summed E-state index contributed by atoms with van der Waals surface area (Å²) in [5, 5.41) is 9.57. The summed E-state index contributed by atoms with van der Waals surface area (Å²) in [6.07, 6.45) is 2.88. The Kier molecular flexibility index (Phi) is 6.71. The molecule has 0 fully saturated rings. The fourth-order valence-electron chi connectivity index (χ4n) is 2.65. The maximum atomic E-state index is 5.90. The molecule has 0 radical (unpaired) electrons. The van der Waals surface area contributed by atoms with E-state index < -0.39 is 0 Å². The lowest BCUT2D eigenvalue weighted by atomic mass is 10.2. The van der Waals surface area contributed by atoms with Crippen molar-refractivity contribution in [2.75, 3.05) is 0 Å². The summed E-state index contributed by atoms with van der Waals surface area (Å²) in [5.41, 5.74) is 3.84. The van der Waals surface area contributed by atoms with Crippen LogP contribution >= 0.6 is 11.8 Å². The highest BCUT2D eigenvalue weighted by molar-refractivity contribution is 7.98. The number of thioether (sulfide) groups is 1. The molecule has 0 amide bonds. The van der Waals surface area contributed by atoms with Crippen molar-refractivity contribution in [1.29, 1.82) is 0 Å². The summed E-state index contributed by atoms with van der Waals surface area (Å²) < 4.78 is 7.96. The molecule has 140 valence electrons. The second-order valence-corrected chi connectivity index (χ2v) is 7.30. The van der Waals surface area contributed by atoms with Crippen molar-refractivity contribution in [2.45, 2.75) is 44.3 Å². The van der Waals surface area contributed by atoms with Crippen molar-refractivity contribution >= 4 is 11.8 Å². The highest BCUT2D eigenvalue weighted by Gasteiger charge is 2.12. The highest BCUT2D eigenvalue weighted by atomic mass is 32.2. The average Bonchev–Trinajstić information content (AvgIpc) is 3.08. The number of allylic oxidation sites excluding steroid dienone is 1. The van der Waals surface area contributed by atoms with Crippen LogP contribution in [-0.2, 0) is 25.3 Å². The standard InChI is InChI=1S/C22H25N3OS/c1-4-14-25-21(15-26-20-12-10-18(5-2)11-13-20)23-24-22(25)27-16-19-8-6-17(3)7-9-19/h4,6-13H,1,5,14-16H2,2-3H3. The summed E-state index contributed by atoms with van der Waals surface area (Å²) in [7, 11) is 0. The van der Waals surface area contributed by atoms with Crippen molar-refractivity contribution in [3.05, 3.63) is 83.7 Å². The van der Waals surface area contributed by atoms with Gasteiger partial charge in [-0.2, -0.15) is 0 Å². The van der Waals surface area contributed by atoms with Gasteiger partial charge < -0.3 is 4.74 Å². The van der Waals surface area contributed by atoms with Gasteiger partial charge in [0.1, 0.15) is 12.4 Å². The fraction of sp³-hybridized carbons (Fsp3) is 0.273. The van der Waals surface area contributed by atoms with Crippen molar-refractivity contribution in [1.82, 2.24) is 14.8 Å². The van der Waals surface area contributed by atoms with Crippen LogP contribution < -0.4 is 4.74 Å². The third kappa shape index (κ3) is 5.23. The van der Waals surface area contributed by atoms with E-state index >= 15 is 0 Å². The molecule has 0 aliphatic carbocycles. The van der Waals surface area contributed by atoms with Crippen LogP contribution in [0.3, 0.4) is 0 Å². The van der Waals surface area contributed by atoms with E-state index in [0.717, 1.165) is 28.9 Å². The van der Waals surface area contributed by atoms with Gasteiger partial charge in [-0.15, -0.1) is 16.8 Å². The van der Waals surface area contributed by atoms with E-state index in [-0.39, 0.29) is 0 Å². The second-order valence-electron chi connectivity index (χ2n) is 6.36. The molecule has 27 heavy (non-hydrogen) atoms. The molecule has 0 N–H and O–H groups in total. The van der Waals surface area contributed by atoms with Crippen molar-refractivity contribution in [3.8, 4) is 5.75 Å². The molecule has 3 rings (SSSR count). The lowest BCUT2D eigenvalue weighted by Crippen LogP contribution is -2.07. The number of hydrogen-bond donors (Lipinski definition) is 0. The third-order valence-corrected chi connectivity index (χ3v) is 5.33. The zero-order valence-electron chi connectivity index (χ0n) is 15.9. The number of hydrogen-bond acceptors (Lipinski definition) is 4. The Labute approximate surface area is 165 Å². The Bertz CT molecular complexity index is 870. The zero-order chi connectivity index (χ0) is 19.1. The summed E-state index contributed by atoms with van der Waals surface area (Å²) >= 11 is 1.68. The first kappa shape index (κ1) is 19.2. The molecule has 0 saturated carbocycles. The monoisotopic (exact) mass is 379 g/mol. The molecule has 2 aromatic carbocycles. The smallest absolute Gasteiger partial charge is 0.191 e. The van der Waals surface area contributed by atoms with Gasteiger partial charge in [0, 0.05) is 12.3 Å². The molecule has 0 bridgehead atoms. The molecular weight excluding hydrogens is 354 g/mol. The van der Waals surface area contributed by atoms with Crippen LogP contribution in [0.4, 0.5) is 0 Å². The zero-order valence-corrected chi connectivity index (χ0v) is 16.7. The van der Waals surface area contributed by atoms with Gasteiger partial charge in [0.15, 0.2) is 11.0 Å². The summed E-state index contributed by atoms with van der Waals surface area (Å²) in [5.74, 6) is 2.50. The number of benzene rings is 2. The molecule has 0 spiro atoms. The van der Waals surface area contributed by atoms with Crippen LogP contribution in [0.15, 0.2) is 66.3 Å². The Balaban J connectivity index is 1.66. The van der Waals surface area contributed by atoms with Gasteiger partial charge in [0.25, 0.3) is 0 Å². The molecule has 1 aromatic heterocycles. The van der Waals surface area contributed by atoms with Gasteiger partial charge >= 0.3 is 0 Å². The summed E-state index contributed by atoms with van der Waals surface area (Å²) in [6.45, 7) is 9.15. The molecule has 5 heteroatoms. The van der Waals surface area contributed by atoms with Crippen LogP contribution in [0.5, 0.6) is 5.75 Å². The van der Waals surface area contributed by atoms with E-state index in [4.69, 9.17) is 4.74 Å². The molecule has 3 aromatic rings. The first-order valence-electron chi connectivity index (χ1n) is 9.12. The molecule has 0 unspecified atom stereocenters. The number of nitrogens with zero attached hydrogens (tertiary/aromatic N) is 3. The summed E-state index contributed by atoms with van der Waals surface area (Å²) in [4.78, 5) is 0. The number of aryl methyl sites for hydroxylation is 2. The predicted molar refractivity (Wildman–Crippen MR) is 111 cm³/mol. The van der Waals surface area contributed by atoms with Gasteiger partial charge in [0.2, 0.25) is 0 Å².